The second kappa shape index (κ2) is 8.09. The van der Waals surface area contributed by atoms with Crippen LogP contribution in [0.3, 0.4) is 0 Å². The van der Waals surface area contributed by atoms with Crippen LogP contribution >= 0.6 is 0 Å². The molecule has 0 atom stereocenters. The van der Waals surface area contributed by atoms with E-state index in [1.165, 1.54) is 12.1 Å². The summed E-state index contributed by atoms with van der Waals surface area (Å²) in [5.41, 5.74) is 0.983. The molecule has 0 bridgehead atoms. The fourth-order valence-corrected chi connectivity index (χ4v) is 2.82. The Hall–Kier alpha value is -1.91. The molecule has 1 aliphatic rings. The maximum atomic E-state index is 13.3. The normalized spacial score (nSPS) is 15.4. The van der Waals surface area contributed by atoms with E-state index in [2.05, 4.69) is 6.92 Å². The second-order valence-corrected chi connectivity index (χ2v) is 6.09. The molecule has 0 unspecified atom stereocenters. The number of rotatable bonds is 4. The van der Waals surface area contributed by atoms with Crippen LogP contribution in [0.4, 0.5) is 4.39 Å². The Kier molecular flexibility index (Phi) is 6.13. The summed E-state index contributed by atoms with van der Waals surface area (Å²) in [4.78, 5) is 28.3. The molecule has 1 saturated heterocycles. The van der Waals surface area contributed by atoms with Gasteiger partial charge in [-0.25, -0.2) is 4.39 Å². The summed E-state index contributed by atoms with van der Waals surface area (Å²) in [5.74, 6) is -0.208. The van der Waals surface area contributed by atoms with Gasteiger partial charge in [0.1, 0.15) is 5.82 Å². The quantitative estimate of drug-likeness (QED) is 0.856. The fraction of sp³-hybridized carbons (Fsp3) is 0.556. The van der Waals surface area contributed by atoms with Gasteiger partial charge in [0, 0.05) is 38.2 Å². The van der Waals surface area contributed by atoms with Gasteiger partial charge in [0.05, 0.1) is 0 Å². The Labute approximate surface area is 137 Å². The highest BCUT2D eigenvalue weighted by atomic mass is 19.1. The molecule has 1 aromatic rings. The van der Waals surface area contributed by atoms with E-state index in [1.54, 1.807) is 17.9 Å². The standard InChI is InChI=1S/C18H25FN2O2/c1-3-4-6-17(22)20-9-5-10-21(12-11-20)18(23)15-7-8-16(19)14(2)13-15/h7-8,13H,3-6,9-12H2,1-2H3. The summed E-state index contributed by atoms with van der Waals surface area (Å²) in [6.07, 6.45) is 3.28. The van der Waals surface area contributed by atoms with Gasteiger partial charge in [0.2, 0.25) is 5.91 Å². The van der Waals surface area contributed by atoms with Crippen molar-refractivity contribution in [1.29, 1.82) is 0 Å². The predicted molar refractivity (Wildman–Crippen MR) is 87.8 cm³/mol. The topological polar surface area (TPSA) is 40.6 Å². The molecule has 0 spiro atoms. The number of amides is 2. The smallest absolute Gasteiger partial charge is 0.253 e. The Morgan fingerprint density at radius 2 is 1.83 bits per heavy atom. The van der Waals surface area contributed by atoms with Crippen LogP contribution in [0.25, 0.3) is 0 Å². The molecule has 5 heteroatoms. The van der Waals surface area contributed by atoms with Crippen LogP contribution in [-0.4, -0.2) is 47.8 Å². The molecule has 0 aliphatic carbocycles. The lowest BCUT2D eigenvalue weighted by Gasteiger charge is -2.22. The third-order valence-electron chi connectivity index (χ3n) is 4.28. The summed E-state index contributed by atoms with van der Waals surface area (Å²) in [7, 11) is 0. The van der Waals surface area contributed by atoms with E-state index < -0.39 is 0 Å². The van der Waals surface area contributed by atoms with E-state index in [1.807, 2.05) is 4.90 Å². The van der Waals surface area contributed by atoms with Crippen molar-refractivity contribution in [3.05, 3.63) is 35.1 Å². The van der Waals surface area contributed by atoms with Crippen LogP contribution < -0.4 is 0 Å². The first-order valence-corrected chi connectivity index (χ1v) is 8.36. The zero-order valence-corrected chi connectivity index (χ0v) is 14.0. The Morgan fingerprint density at radius 3 is 2.52 bits per heavy atom. The van der Waals surface area contributed by atoms with Gasteiger partial charge in [0.25, 0.3) is 5.91 Å². The molecule has 0 N–H and O–H groups in total. The van der Waals surface area contributed by atoms with Gasteiger partial charge in [-0.1, -0.05) is 13.3 Å². The lowest BCUT2D eigenvalue weighted by atomic mass is 10.1. The van der Waals surface area contributed by atoms with Crippen LogP contribution in [-0.2, 0) is 4.79 Å². The van der Waals surface area contributed by atoms with Crippen LogP contribution in [0, 0.1) is 12.7 Å². The van der Waals surface area contributed by atoms with Gasteiger partial charge < -0.3 is 9.80 Å². The third kappa shape index (κ3) is 4.53. The van der Waals surface area contributed by atoms with Crippen LogP contribution in [0.1, 0.15) is 48.5 Å². The molecule has 0 saturated carbocycles. The summed E-state index contributed by atoms with van der Waals surface area (Å²) in [6, 6.07) is 4.45. The lowest BCUT2D eigenvalue weighted by Crippen LogP contribution is -2.37. The van der Waals surface area contributed by atoms with E-state index in [0.717, 1.165) is 19.3 Å². The van der Waals surface area contributed by atoms with Crippen LogP contribution in [0.15, 0.2) is 18.2 Å². The highest BCUT2D eigenvalue weighted by molar-refractivity contribution is 5.94. The molecule has 2 amide bonds. The molecule has 2 rings (SSSR count). The Bertz CT molecular complexity index is 574. The summed E-state index contributed by atoms with van der Waals surface area (Å²) in [6.45, 7) is 6.17. The third-order valence-corrected chi connectivity index (χ3v) is 4.28. The molecular formula is C18H25FN2O2. The van der Waals surface area contributed by atoms with Gasteiger partial charge in [0.15, 0.2) is 0 Å². The lowest BCUT2D eigenvalue weighted by molar-refractivity contribution is -0.131. The SMILES string of the molecule is CCCCC(=O)N1CCCN(C(=O)c2ccc(F)c(C)c2)CC1. The maximum Gasteiger partial charge on any atom is 0.253 e. The number of carbonyl (C=O) groups excluding carboxylic acids is 2. The van der Waals surface area contributed by atoms with Gasteiger partial charge in [-0.15, -0.1) is 0 Å². The average Bonchev–Trinajstić information content (AvgIpc) is 2.80. The number of unbranched alkanes of at least 4 members (excludes halogenated alkanes) is 1. The van der Waals surface area contributed by atoms with Crippen molar-refractivity contribution in [3.8, 4) is 0 Å². The number of halogens is 1. The molecule has 0 radical (unpaired) electrons. The van der Waals surface area contributed by atoms with Crippen molar-refractivity contribution < 1.29 is 14.0 Å². The highest BCUT2D eigenvalue weighted by Crippen LogP contribution is 2.14. The first-order valence-electron chi connectivity index (χ1n) is 8.36. The Balaban J connectivity index is 1.98. The number of hydrogen-bond donors (Lipinski definition) is 0. The molecule has 126 valence electrons. The van der Waals surface area contributed by atoms with Crippen molar-refractivity contribution in [2.45, 2.75) is 39.5 Å². The molecule has 0 aromatic heterocycles. The molecule has 1 aliphatic heterocycles. The van der Waals surface area contributed by atoms with E-state index in [0.29, 0.717) is 43.7 Å². The van der Waals surface area contributed by atoms with Crippen LogP contribution in [0.2, 0.25) is 0 Å². The monoisotopic (exact) mass is 320 g/mol. The largest absolute Gasteiger partial charge is 0.341 e. The average molecular weight is 320 g/mol. The number of carbonyl (C=O) groups is 2. The fourth-order valence-electron chi connectivity index (χ4n) is 2.82. The molecule has 1 fully saturated rings. The minimum Gasteiger partial charge on any atom is -0.341 e. The van der Waals surface area contributed by atoms with E-state index >= 15 is 0 Å². The molecule has 23 heavy (non-hydrogen) atoms. The first-order chi connectivity index (χ1) is 11.0. The first kappa shape index (κ1) is 17.4. The van der Waals surface area contributed by atoms with Crippen molar-refractivity contribution in [1.82, 2.24) is 9.80 Å². The molecule has 4 nitrogen and oxygen atoms in total. The highest BCUT2D eigenvalue weighted by Gasteiger charge is 2.22. The van der Waals surface area contributed by atoms with Crippen molar-refractivity contribution >= 4 is 11.8 Å². The summed E-state index contributed by atoms with van der Waals surface area (Å²) in [5, 5.41) is 0. The number of hydrogen-bond acceptors (Lipinski definition) is 2. The second-order valence-electron chi connectivity index (χ2n) is 6.09. The molecule has 1 heterocycles. The van der Waals surface area contributed by atoms with Crippen molar-refractivity contribution in [2.24, 2.45) is 0 Å². The molecule has 1 aromatic carbocycles. The van der Waals surface area contributed by atoms with E-state index in [-0.39, 0.29) is 17.6 Å². The zero-order chi connectivity index (χ0) is 16.8. The molecular weight excluding hydrogens is 295 g/mol. The van der Waals surface area contributed by atoms with E-state index in [9.17, 15) is 14.0 Å². The zero-order valence-electron chi connectivity index (χ0n) is 14.0. The van der Waals surface area contributed by atoms with Crippen LogP contribution in [0.5, 0.6) is 0 Å². The minimum absolute atomic E-state index is 0.0871. The summed E-state index contributed by atoms with van der Waals surface area (Å²) < 4.78 is 13.3. The van der Waals surface area contributed by atoms with E-state index in [4.69, 9.17) is 0 Å². The number of nitrogens with zero attached hydrogens (tertiary/aromatic N) is 2. The van der Waals surface area contributed by atoms with Gasteiger partial charge in [-0.2, -0.15) is 0 Å². The van der Waals surface area contributed by atoms with Crippen molar-refractivity contribution in [2.75, 3.05) is 26.2 Å². The van der Waals surface area contributed by atoms with Gasteiger partial charge in [-0.05, 0) is 43.5 Å². The van der Waals surface area contributed by atoms with Gasteiger partial charge in [-0.3, -0.25) is 9.59 Å². The van der Waals surface area contributed by atoms with Gasteiger partial charge >= 0.3 is 0 Å². The van der Waals surface area contributed by atoms with Crippen molar-refractivity contribution in [3.63, 3.8) is 0 Å². The minimum atomic E-state index is -0.301. The predicted octanol–water partition coefficient (Wildman–Crippen LogP) is 3.00. The summed E-state index contributed by atoms with van der Waals surface area (Å²) >= 11 is 0. The Morgan fingerprint density at radius 1 is 1.13 bits per heavy atom. The number of aryl methyl sites for hydroxylation is 1. The maximum absolute atomic E-state index is 13.3. The number of benzene rings is 1.